The Kier molecular flexibility index (Phi) is 33.5. The second kappa shape index (κ2) is 25.9. The zero-order valence-electron chi connectivity index (χ0n) is 10.7. The van der Waals surface area contributed by atoms with Crippen LogP contribution in [0.25, 0.3) is 0 Å². The summed E-state index contributed by atoms with van der Waals surface area (Å²) >= 11 is 0. The van der Waals surface area contributed by atoms with E-state index < -0.39 is 0 Å². The van der Waals surface area contributed by atoms with E-state index in [9.17, 15) is 0 Å². The molecule has 0 atom stereocenters. The first-order chi connectivity index (χ1) is 8.33. The molecular formula is C16H21OZr-. The number of hydrogen-bond donors (Lipinski definition) is 1. The quantitative estimate of drug-likeness (QED) is 0.581. The van der Waals surface area contributed by atoms with Crippen molar-refractivity contribution in [1.29, 1.82) is 0 Å². The van der Waals surface area contributed by atoms with Gasteiger partial charge in [0.1, 0.15) is 0 Å². The fourth-order valence-corrected chi connectivity index (χ4v) is 0.642. The predicted octanol–water partition coefficient (Wildman–Crippen LogP) is 3.21. The van der Waals surface area contributed by atoms with Gasteiger partial charge in [-0.3, -0.25) is 0 Å². The number of aliphatic hydroxyl groups excluding tert-OH is 1. The Morgan fingerprint density at radius 2 is 0.889 bits per heavy atom. The maximum Gasteiger partial charge on any atom is 0.0609 e. The number of rotatable bonds is 1. The Hall–Kier alpha value is 0.193. The summed E-state index contributed by atoms with van der Waals surface area (Å²) in [5, 5.41) is 7.76. The molecule has 2 aliphatic rings. The fourth-order valence-electron chi connectivity index (χ4n) is 0.642. The van der Waals surface area contributed by atoms with Gasteiger partial charge in [-0.25, -0.2) is 19.6 Å². The van der Waals surface area contributed by atoms with Crippen molar-refractivity contribution in [2.45, 2.75) is 0 Å². The van der Waals surface area contributed by atoms with E-state index >= 15 is 0 Å². The molecule has 10 radical (unpaired) electrons. The van der Waals surface area contributed by atoms with Crippen LogP contribution in [-0.4, -0.2) is 11.7 Å². The van der Waals surface area contributed by atoms with E-state index in [1.807, 2.05) is 64.2 Å². The van der Waals surface area contributed by atoms with Crippen molar-refractivity contribution in [3.8, 4) is 0 Å². The van der Waals surface area contributed by atoms with Crippen LogP contribution in [-0.2, 0) is 26.2 Å². The topological polar surface area (TPSA) is 20.2 Å². The molecule has 2 heteroatoms. The molecule has 0 amide bonds. The van der Waals surface area contributed by atoms with Crippen LogP contribution in [0, 0.1) is 71.1 Å². The van der Waals surface area contributed by atoms with Gasteiger partial charge in [0.05, 0.1) is 6.61 Å². The van der Waals surface area contributed by atoms with Crippen molar-refractivity contribution >= 4 is 0 Å². The van der Waals surface area contributed by atoms with Crippen LogP contribution in [0.1, 0.15) is 0 Å². The first kappa shape index (κ1) is 23.3. The van der Waals surface area contributed by atoms with Gasteiger partial charge in [-0.05, 0) is 64.2 Å². The molecule has 0 aromatic heterocycles. The van der Waals surface area contributed by atoms with E-state index in [0.717, 1.165) is 0 Å². The molecule has 0 aliphatic heterocycles. The third-order valence-corrected chi connectivity index (χ3v) is 1.24. The molecule has 2 saturated carbocycles. The average molecular weight is 321 g/mol. The fraction of sp³-hybridized carbons (Fsp3) is 0.0625. The molecule has 96 valence electrons. The van der Waals surface area contributed by atoms with Crippen molar-refractivity contribution in [3.05, 3.63) is 96.4 Å². The number of aliphatic hydroxyl groups is 1. The Labute approximate surface area is 134 Å². The Bertz CT molecular complexity index is 113. The minimum Gasteiger partial charge on any atom is -0.392 e. The molecule has 2 fully saturated rings. The van der Waals surface area contributed by atoms with E-state index in [4.69, 9.17) is 5.11 Å². The molecule has 0 aromatic rings. The number of allylic oxidation sites excluding steroid dienone is 1. The molecule has 0 aromatic carbocycles. The van der Waals surface area contributed by atoms with Crippen molar-refractivity contribution in [2.75, 3.05) is 6.61 Å². The second-order valence-corrected chi connectivity index (χ2v) is 2.68. The van der Waals surface area contributed by atoms with Crippen LogP contribution in [0.2, 0.25) is 0 Å². The summed E-state index contributed by atoms with van der Waals surface area (Å²) < 4.78 is 0. The molecule has 0 spiro atoms. The third-order valence-electron chi connectivity index (χ3n) is 1.24. The summed E-state index contributed by atoms with van der Waals surface area (Å²) in [5.74, 6) is 0. The van der Waals surface area contributed by atoms with E-state index in [1.165, 1.54) is 12.2 Å². The largest absolute Gasteiger partial charge is 0.392 e. The summed E-state index contributed by atoms with van der Waals surface area (Å²) in [4.78, 5) is 0. The normalized spacial score (nSPS) is 15.4. The first-order valence-electron chi connectivity index (χ1n) is 5.28. The van der Waals surface area contributed by atoms with Gasteiger partial charge in [0, 0.05) is 26.2 Å². The monoisotopic (exact) mass is 319 g/mol. The van der Waals surface area contributed by atoms with Gasteiger partial charge in [-0.2, -0.15) is 0 Å². The van der Waals surface area contributed by atoms with Crippen molar-refractivity contribution in [3.63, 3.8) is 0 Å². The van der Waals surface area contributed by atoms with Gasteiger partial charge in [-0.1, -0.05) is 6.08 Å². The smallest absolute Gasteiger partial charge is 0.0609 e. The van der Waals surface area contributed by atoms with Gasteiger partial charge in [0.2, 0.25) is 0 Å². The second-order valence-electron chi connectivity index (χ2n) is 2.68. The summed E-state index contributed by atoms with van der Waals surface area (Å²) in [6.45, 7) is 9.81. The predicted molar refractivity (Wildman–Crippen MR) is 75.8 cm³/mol. The minimum atomic E-state index is 0. The van der Waals surface area contributed by atoms with Crippen LogP contribution >= 0.6 is 0 Å². The van der Waals surface area contributed by atoms with Crippen LogP contribution in [0.3, 0.4) is 0 Å². The van der Waals surface area contributed by atoms with Crippen molar-refractivity contribution in [1.82, 2.24) is 0 Å². The Balaban J connectivity index is -0.000000168. The molecule has 0 bridgehead atoms. The van der Waals surface area contributed by atoms with Gasteiger partial charge in [0.15, 0.2) is 0 Å². The molecule has 2 rings (SSSR count). The summed E-state index contributed by atoms with van der Waals surface area (Å²) in [5.41, 5.74) is 0. The van der Waals surface area contributed by atoms with Crippen LogP contribution in [0.15, 0.2) is 25.3 Å². The molecule has 0 unspecified atom stereocenters. The molecule has 0 saturated heterocycles. The molecule has 18 heavy (non-hydrogen) atoms. The summed E-state index contributed by atoms with van der Waals surface area (Å²) in [6, 6.07) is 0. The summed E-state index contributed by atoms with van der Waals surface area (Å²) in [7, 11) is 0. The zero-order chi connectivity index (χ0) is 13.2. The van der Waals surface area contributed by atoms with Gasteiger partial charge < -0.3 is 5.11 Å². The van der Waals surface area contributed by atoms with Crippen molar-refractivity contribution < 1.29 is 31.3 Å². The third kappa shape index (κ3) is 29.8. The molecule has 0 heterocycles. The molecule has 1 nitrogen and oxygen atoms in total. The van der Waals surface area contributed by atoms with E-state index in [-0.39, 0.29) is 32.8 Å². The zero-order valence-corrected chi connectivity index (χ0v) is 13.2. The maximum atomic E-state index is 7.76. The van der Waals surface area contributed by atoms with Crippen molar-refractivity contribution in [2.24, 2.45) is 0 Å². The SMILES string of the molecule is C=CCO.C=C[CH2-].[CH]1[CH][CH][CH][CH]1.[CH]1[CH][CH][CH][CH]1.[Zr]. The Morgan fingerprint density at radius 3 is 0.944 bits per heavy atom. The average Bonchev–Trinajstić information content (AvgIpc) is 3.06. The van der Waals surface area contributed by atoms with Crippen LogP contribution < -0.4 is 0 Å². The Morgan fingerprint density at radius 1 is 0.778 bits per heavy atom. The number of hydrogen-bond acceptors (Lipinski definition) is 1. The van der Waals surface area contributed by atoms with Crippen LogP contribution in [0.4, 0.5) is 0 Å². The first-order valence-corrected chi connectivity index (χ1v) is 5.28. The molecule has 1 N–H and O–H groups in total. The van der Waals surface area contributed by atoms with Crippen LogP contribution in [0.5, 0.6) is 0 Å². The molecule has 2 aliphatic carbocycles. The van der Waals surface area contributed by atoms with Gasteiger partial charge in [-0.15, -0.1) is 6.58 Å². The summed E-state index contributed by atoms with van der Waals surface area (Å²) in [6.07, 6.45) is 22.9. The van der Waals surface area contributed by atoms with Gasteiger partial charge in [0.25, 0.3) is 0 Å². The minimum absolute atomic E-state index is 0. The molecular weight excluding hydrogens is 299 g/mol. The standard InChI is InChI=1S/2C5H5.C3H6O.C3H5.Zr/c2*1-2-4-5-3-1;1-2-3-4;1-3-2;/h2*1-5H;2,4H,1,3H2;3H,1-2H2;/q;;;-1;. The van der Waals surface area contributed by atoms with Gasteiger partial charge >= 0.3 is 0 Å². The maximum absolute atomic E-state index is 7.76. The van der Waals surface area contributed by atoms with E-state index in [2.05, 4.69) is 20.1 Å². The van der Waals surface area contributed by atoms with E-state index in [0.29, 0.717) is 0 Å². The van der Waals surface area contributed by atoms with E-state index in [1.54, 1.807) is 0 Å².